The molecule has 1 aliphatic rings. The number of carbonyl (C=O) groups excluding carboxylic acids is 1. The third-order valence-electron chi connectivity index (χ3n) is 4.29. The number of hydrogen-bond donors (Lipinski definition) is 0. The Labute approximate surface area is 154 Å². The fourth-order valence-electron chi connectivity index (χ4n) is 2.77. The van der Waals surface area contributed by atoms with E-state index in [2.05, 4.69) is 4.90 Å². The van der Waals surface area contributed by atoms with Gasteiger partial charge in [0, 0.05) is 33.4 Å². The van der Waals surface area contributed by atoms with Gasteiger partial charge in [0.25, 0.3) is 0 Å². The molecule has 0 bridgehead atoms. The normalized spacial score (nSPS) is 17.0. The zero-order chi connectivity index (χ0) is 18.6. The Morgan fingerprint density at radius 2 is 1.96 bits per heavy atom. The SMILES string of the molecule is CCOC(=O)C1CCN(Cn2cc(S(=O)(=O)N(C)C)ccc2=S)CC1. The lowest BCUT2D eigenvalue weighted by atomic mass is 9.97. The number of sulfonamides is 1. The Morgan fingerprint density at radius 1 is 1.32 bits per heavy atom. The maximum atomic E-state index is 12.3. The van der Waals surface area contributed by atoms with E-state index < -0.39 is 10.0 Å². The lowest BCUT2D eigenvalue weighted by Gasteiger charge is -2.31. The number of rotatable bonds is 6. The lowest BCUT2D eigenvalue weighted by molar-refractivity contribution is -0.149. The highest BCUT2D eigenvalue weighted by Gasteiger charge is 2.26. The highest BCUT2D eigenvalue weighted by molar-refractivity contribution is 7.89. The van der Waals surface area contributed by atoms with Crippen molar-refractivity contribution in [2.75, 3.05) is 33.8 Å². The summed E-state index contributed by atoms with van der Waals surface area (Å²) in [6.45, 7) is 4.21. The van der Waals surface area contributed by atoms with E-state index in [0.717, 1.165) is 25.9 Å². The monoisotopic (exact) mass is 387 g/mol. The Balaban J connectivity index is 2.07. The summed E-state index contributed by atoms with van der Waals surface area (Å²) in [5.41, 5.74) is 0. The summed E-state index contributed by atoms with van der Waals surface area (Å²) in [5.74, 6) is -0.178. The minimum Gasteiger partial charge on any atom is -0.466 e. The van der Waals surface area contributed by atoms with E-state index in [4.69, 9.17) is 17.0 Å². The van der Waals surface area contributed by atoms with E-state index in [1.54, 1.807) is 16.8 Å². The highest BCUT2D eigenvalue weighted by Crippen LogP contribution is 2.20. The number of pyridine rings is 1. The summed E-state index contributed by atoms with van der Waals surface area (Å²) in [6.07, 6.45) is 3.05. The molecular formula is C16H25N3O4S2. The van der Waals surface area contributed by atoms with Crippen LogP contribution in [0.2, 0.25) is 0 Å². The first-order valence-electron chi connectivity index (χ1n) is 8.27. The van der Waals surface area contributed by atoms with Crippen molar-refractivity contribution in [3.8, 4) is 0 Å². The molecule has 9 heteroatoms. The van der Waals surface area contributed by atoms with Crippen molar-refractivity contribution in [2.24, 2.45) is 5.92 Å². The molecule has 2 rings (SSSR count). The van der Waals surface area contributed by atoms with Crippen LogP contribution in [0.1, 0.15) is 19.8 Å². The first kappa shape index (κ1) is 20.0. The van der Waals surface area contributed by atoms with E-state index in [0.29, 0.717) is 17.9 Å². The molecule has 1 aromatic rings. The summed E-state index contributed by atoms with van der Waals surface area (Å²) in [4.78, 5) is 14.2. The number of nitrogens with zero attached hydrogens (tertiary/aromatic N) is 3. The van der Waals surface area contributed by atoms with Crippen LogP contribution in [0.25, 0.3) is 0 Å². The van der Waals surface area contributed by atoms with Crippen LogP contribution in [-0.4, -0.2) is 62.0 Å². The van der Waals surface area contributed by atoms with Gasteiger partial charge in [-0.1, -0.05) is 12.2 Å². The largest absolute Gasteiger partial charge is 0.466 e. The molecule has 1 fully saturated rings. The van der Waals surface area contributed by atoms with Crippen LogP contribution < -0.4 is 0 Å². The molecule has 0 saturated carbocycles. The molecule has 1 aliphatic heterocycles. The Kier molecular flexibility index (Phi) is 6.72. The fraction of sp³-hybridized carbons (Fsp3) is 0.625. The minimum atomic E-state index is -3.50. The number of likely N-dealkylation sites (tertiary alicyclic amines) is 1. The number of piperidine rings is 1. The van der Waals surface area contributed by atoms with Crippen molar-refractivity contribution in [1.29, 1.82) is 0 Å². The van der Waals surface area contributed by atoms with Gasteiger partial charge in [-0.3, -0.25) is 9.69 Å². The summed E-state index contributed by atoms with van der Waals surface area (Å²) in [7, 11) is -0.494. The maximum Gasteiger partial charge on any atom is 0.309 e. The van der Waals surface area contributed by atoms with Gasteiger partial charge < -0.3 is 9.30 Å². The van der Waals surface area contributed by atoms with Crippen molar-refractivity contribution in [3.05, 3.63) is 23.0 Å². The lowest BCUT2D eigenvalue weighted by Crippen LogP contribution is -2.38. The van der Waals surface area contributed by atoms with Gasteiger partial charge in [-0.25, -0.2) is 12.7 Å². The van der Waals surface area contributed by atoms with Crippen LogP contribution in [0.4, 0.5) is 0 Å². The second-order valence-corrected chi connectivity index (χ2v) is 8.82. The molecule has 0 atom stereocenters. The molecule has 0 N–H and O–H groups in total. The summed E-state index contributed by atoms with van der Waals surface area (Å²) < 4.78 is 33.2. The number of aromatic nitrogens is 1. The third kappa shape index (κ3) is 4.87. The Bertz CT molecular complexity index is 766. The van der Waals surface area contributed by atoms with Crippen LogP contribution >= 0.6 is 12.2 Å². The Hall–Kier alpha value is -1.29. The van der Waals surface area contributed by atoms with Crippen LogP contribution in [0.3, 0.4) is 0 Å². The second-order valence-electron chi connectivity index (χ2n) is 6.25. The van der Waals surface area contributed by atoms with Gasteiger partial charge in [0.1, 0.15) is 4.64 Å². The van der Waals surface area contributed by atoms with Gasteiger partial charge >= 0.3 is 5.97 Å². The molecule has 0 spiro atoms. The second kappa shape index (κ2) is 8.39. The molecule has 0 aliphatic carbocycles. The van der Waals surface area contributed by atoms with Crippen molar-refractivity contribution in [1.82, 2.24) is 13.8 Å². The van der Waals surface area contributed by atoms with Gasteiger partial charge in [-0.05, 0) is 31.9 Å². The zero-order valence-electron chi connectivity index (χ0n) is 14.8. The molecule has 0 aromatic carbocycles. The van der Waals surface area contributed by atoms with E-state index in [1.165, 1.54) is 24.5 Å². The quantitative estimate of drug-likeness (QED) is 0.547. The predicted octanol–water partition coefficient (Wildman–Crippen LogP) is 1.70. The van der Waals surface area contributed by atoms with E-state index >= 15 is 0 Å². The molecular weight excluding hydrogens is 362 g/mol. The molecule has 7 nitrogen and oxygen atoms in total. The summed E-state index contributed by atoms with van der Waals surface area (Å²) in [5, 5.41) is 0. The van der Waals surface area contributed by atoms with Crippen molar-refractivity contribution in [3.63, 3.8) is 0 Å². The molecule has 0 unspecified atom stereocenters. The van der Waals surface area contributed by atoms with Gasteiger partial charge in [-0.15, -0.1) is 0 Å². The molecule has 0 radical (unpaired) electrons. The minimum absolute atomic E-state index is 0.0513. The molecule has 1 saturated heterocycles. The summed E-state index contributed by atoms with van der Waals surface area (Å²) in [6, 6.07) is 3.16. The predicted molar refractivity (Wildman–Crippen MR) is 97.1 cm³/mol. The first-order valence-corrected chi connectivity index (χ1v) is 10.1. The Morgan fingerprint density at radius 3 is 2.52 bits per heavy atom. The number of hydrogen-bond acceptors (Lipinski definition) is 6. The van der Waals surface area contributed by atoms with Gasteiger partial charge in [0.15, 0.2) is 0 Å². The standard InChI is InChI=1S/C16H25N3O4S2/c1-4-23-16(20)13-7-9-18(10-8-13)12-19-11-14(5-6-15(19)24)25(21,22)17(2)3/h5-6,11,13H,4,7-10,12H2,1-3H3. The first-order chi connectivity index (χ1) is 11.8. The average Bonchev–Trinajstić information content (AvgIpc) is 2.57. The van der Waals surface area contributed by atoms with Gasteiger partial charge in [-0.2, -0.15) is 0 Å². The van der Waals surface area contributed by atoms with Crippen LogP contribution in [0.5, 0.6) is 0 Å². The summed E-state index contributed by atoms with van der Waals surface area (Å²) >= 11 is 5.32. The van der Waals surface area contributed by atoms with Crippen molar-refractivity contribution in [2.45, 2.75) is 31.3 Å². The van der Waals surface area contributed by atoms with Gasteiger partial charge in [0.05, 0.1) is 24.1 Å². The molecule has 2 heterocycles. The molecule has 0 amide bonds. The molecule has 25 heavy (non-hydrogen) atoms. The van der Waals surface area contributed by atoms with Crippen LogP contribution in [-0.2, 0) is 26.2 Å². The van der Waals surface area contributed by atoms with Crippen LogP contribution in [0.15, 0.2) is 23.2 Å². The van der Waals surface area contributed by atoms with Crippen molar-refractivity contribution < 1.29 is 17.9 Å². The topological polar surface area (TPSA) is 71.8 Å². The average molecular weight is 388 g/mol. The van der Waals surface area contributed by atoms with E-state index in [-0.39, 0.29) is 16.8 Å². The van der Waals surface area contributed by atoms with E-state index in [1.807, 2.05) is 6.92 Å². The van der Waals surface area contributed by atoms with Crippen LogP contribution in [0, 0.1) is 10.6 Å². The third-order valence-corrected chi connectivity index (χ3v) is 6.46. The smallest absolute Gasteiger partial charge is 0.309 e. The molecule has 140 valence electrons. The number of carbonyl (C=O) groups is 1. The highest BCUT2D eigenvalue weighted by atomic mass is 32.2. The fourth-order valence-corrected chi connectivity index (χ4v) is 3.87. The molecule has 1 aromatic heterocycles. The number of ether oxygens (including phenoxy) is 1. The van der Waals surface area contributed by atoms with Gasteiger partial charge in [0.2, 0.25) is 10.0 Å². The van der Waals surface area contributed by atoms with Crippen molar-refractivity contribution >= 4 is 28.2 Å². The zero-order valence-corrected chi connectivity index (χ0v) is 16.5. The maximum absolute atomic E-state index is 12.3. The van der Waals surface area contributed by atoms with E-state index in [9.17, 15) is 13.2 Å². The number of esters is 1.